The van der Waals surface area contributed by atoms with E-state index in [1.165, 1.54) is 4.90 Å². The van der Waals surface area contributed by atoms with Gasteiger partial charge in [-0.3, -0.25) is 9.59 Å². The average molecular weight is 452 g/mol. The molecule has 1 heterocycles. The molecule has 170 valence electrons. The molecule has 1 fully saturated rings. The van der Waals surface area contributed by atoms with Crippen molar-refractivity contribution in [2.75, 3.05) is 11.5 Å². The van der Waals surface area contributed by atoms with E-state index in [4.69, 9.17) is 4.74 Å². The van der Waals surface area contributed by atoms with Crippen LogP contribution in [0.5, 0.6) is 0 Å². The number of benzene rings is 3. The van der Waals surface area contributed by atoms with E-state index >= 15 is 0 Å². The van der Waals surface area contributed by atoms with Gasteiger partial charge in [0.1, 0.15) is 0 Å². The lowest BCUT2D eigenvalue weighted by molar-refractivity contribution is -0.122. The molecule has 4 aliphatic rings. The van der Waals surface area contributed by atoms with Crippen LogP contribution in [0.25, 0.3) is 0 Å². The Morgan fingerprint density at radius 2 is 1.32 bits per heavy atom. The van der Waals surface area contributed by atoms with Crippen molar-refractivity contribution >= 4 is 23.5 Å². The highest BCUT2D eigenvalue weighted by atomic mass is 16.5. The minimum Gasteiger partial charge on any atom is -0.462 e. The van der Waals surface area contributed by atoms with Gasteiger partial charge >= 0.3 is 5.97 Å². The highest BCUT2D eigenvalue weighted by molar-refractivity contribution is 6.23. The Morgan fingerprint density at radius 3 is 1.82 bits per heavy atom. The molecule has 0 saturated carbocycles. The van der Waals surface area contributed by atoms with Crippen molar-refractivity contribution in [3.63, 3.8) is 0 Å². The van der Waals surface area contributed by atoms with Gasteiger partial charge in [-0.1, -0.05) is 67.9 Å². The van der Waals surface area contributed by atoms with E-state index < -0.39 is 17.8 Å². The van der Waals surface area contributed by atoms with Crippen LogP contribution in [0.2, 0.25) is 0 Å². The molecule has 5 heteroatoms. The lowest BCUT2D eigenvalue weighted by Crippen LogP contribution is -2.41. The molecule has 2 bridgehead atoms. The van der Waals surface area contributed by atoms with E-state index in [1.54, 1.807) is 24.3 Å². The monoisotopic (exact) mass is 451 g/mol. The van der Waals surface area contributed by atoms with Crippen molar-refractivity contribution in [3.8, 4) is 0 Å². The zero-order valence-corrected chi connectivity index (χ0v) is 18.9. The number of amides is 2. The fourth-order valence-electron chi connectivity index (χ4n) is 6.10. The summed E-state index contributed by atoms with van der Waals surface area (Å²) in [4.78, 5) is 41.5. The quantitative estimate of drug-likeness (QED) is 0.310. The second kappa shape index (κ2) is 7.94. The van der Waals surface area contributed by atoms with Crippen molar-refractivity contribution in [3.05, 3.63) is 101 Å². The van der Waals surface area contributed by atoms with Gasteiger partial charge < -0.3 is 4.74 Å². The Hall–Kier alpha value is -3.73. The zero-order chi connectivity index (χ0) is 23.4. The third-order valence-corrected chi connectivity index (χ3v) is 7.52. The number of rotatable bonds is 5. The molecule has 0 radical (unpaired) electrons. The fourth-order valence-corrected chi connectivity index (χ4v) is 6.10. The first-order valence-corrected chi connectivity index (χ1v) is 11.9. The van der Waals surface area contributed by atoms with Gasteiger partial charge in [0.25, 0.3) is 0 Å². The summed E-state index contributed by atoms with van der Waals surface area (Å²) in [6, 6.07) is 23.1. The van der Waals surface area contributed by atoms with Crippen molar-refractivity contribution in [1.29, 1.82) is 0 Å². The normalized spacial score (nSPS) is 24.0. The fraction of sp³-hybridized carbons (Fsp3) is 0.276. The third kappa shape index (κ3) is 2.89. The molecule has 3 aromatic carbocycles. The molecule has 7 rings (SSSR count). The summed E-state index contributed by atoms with van der Waals surface area (Å²) in [5.41, 5.74) is 5.35. The first kappa shape index (κ1) is 20.8. The number of carbonyl (C=O) groups excluding carboxylic acids is 3. The molecular formula is C29H25NO4. The van der Waals surface area contributed by atoms with E-state index in [0.29, 0.717) is 17.9 Å². The molecule has 0 aromatic heterocycles. The lowest BCUT2D eigenvalue weighted by Gasteiger charge is -2.45. The Balaban J connectivity index is 1.40. The maximum absolute atomic E-state index is 13.8. The van der Waals surface area contributed by atoms with Crippen LogP contribution in [0.15, 0.2) is 72.8 Å². The van der Waals surface area contributed by atoms with Crippen LogP contribution < -0.4 is 4.90 Å². The molecule has 5 nitrogen and oxygen atoms in total. The number of esters is 1. The summed E-state index contributed by atoms with van der Waals surface area (Å²) >= 11 is 0. The van der Waals surface area contributed by atoms with Crippen LogP contribution in [0.1, 0.15) is 64.2 Å². The molecule has 2 atom stereocenters. The molecule has 1 saturated heterocycles. The summed E-state index contributed by atoms with van der Waals surface area (Å²) in [6.45, 7) is 2.38. The molecule has 3 aliphatic carbocycles. The van der Waals surface area contributed by atoms with Gasteiger partial charge in [-0.05, 0) is 46.9 Å². The van der Waals surface area contributed by atoms with Crippen molar-refractivity contribution in [1.82, 2.24) is 0 Å². The number of unbranched alkanes of at least 4 members (excludes halogenated alkanes) is 1. The van der Waals surface area contributed by atoms with E-state index in [1.807, 2.05) is 31.2 Å². The van der Waals surface area contributed by atoms with Gasteiger partial charge in [0.05, 0.1) is 29.7 Å². The summed E-state index contributed by atoms with van der Waals surface area (Å²) < 4.78 is 5.34. The van der Waals surface area contributed by atoms with Crippen LogP contribution in [-0.2, 0) is 14.3 Å². The Labute approximate surface area is 198 Å². The van der Waals surface area contributed by atoms with Crippen molar-refractivity contribution < 1.29 is 19.1 Å². The SMILES string of the molecule is CCCCOC(=O)c1cccc(N2C(=O)C3C4c5ccccc5C(c5ccccc54)C3C2=O)c1. The molecule has 1 aliphatic heterocycles. The third-order valence-electron chi connectivity index (χ3n) is 7.52. The van der Waals surface area contributed by atoms with Crippen molar-refractivity contribution in [2.24, 2.45) is 11.8 Å². The molecule has 2 amide bonds. The number of hydrogen-bond donors (Lipinski definition) is 0. The van der Waals surface area contributed by atoms with Gasteiger partial charge in [0.15, 0.2) is 0 Å². The maximum atomic E-state index is 13.8. The number of hydrogen-bond acceptors (Lipinski definition) is 4. The van der Waals surface area contributed by atoms with Crippen LogP contribution in [-0.4, -0.2) is 24.4 Å². The number of ether oxygens (including phenoxy) is 1. The van der Waals surface area contributed by atoms with Crippen LogP contribution in [0.3, 0.4) is 0 Å². The van der Waals surface area contributed by atoms with Gasteiger partial charge in [-0.15, -0.1) is 0 Å². The molecular weight excluding hydrogens is 426 g/mol. The zero-order valence-electron chi connectivity index (χ0n) is 18.9. The van der Waals surface area contributed by atoms with Gasteiger partial charge in [-0.2, -0.15) is 0 Å². The number of imide groups is 1. The van der Waals surface area contributed by atoms with E-state index in [-0.39, 0.29) is 23.7 Å². The highest BCUT2D eigenvalue weighted by Crippen LogP contribution is 2.61. The summed E-state index contributed by atoms with van der Waals surface area (Å²) in [6.07, 6.45) is 1.72. The van der Waals surface area contributed by atoms with E-state index in [9.17, 15) is 14.4 Å². The van der Waals surface area contributed by atoms with Gasteiger partial charge in [-0.25, -0.2) is 9.69 Å². The predicted octanol–water partition coefficient (Wildman–Crippen LogP) is 5.04. The number of anilines is 1. The summed E-state index contributed by atoms with van der Waals surface area (Å²) in [7, 11) is 0. The highest BCUT2D eigenvalue weighted by Gasteiger charge is 2.61. The second-order valence-electron chi connectivity index (χ2n) is 9.32. The second-order valence-corrected chi connectivity index (χ2v) is 9.32. The van der Waals surface area contributed by atoms with E-state index in [0.717, 1.165) is 35.1 Å². The largest absolute Gasteiger partial charge is 0.462 e. The molecule has 3 aromatic rings. The molecule has 0 spiro atoms. The first-order chi connectivity index (χ1) is 16.6. The molecule has 0 N–H and O–H groups in total. The minimum absolute atomic E-state index is 0.147. The summed E-state index contributed by atoms with van der Waals surface area (Å²) in [5, 5.41) is 0. The van der Waals surface area contributed by atoms with Crippen molar-refractivity contribution in [2.45, 2.75) is 31.6 Å². The summed E-state index contributed by atoms with van der Waals surface area (Å²) in [5.74, 6) is -2.00. The van der Waals surface area contributed by atoms with Gasteiger partial charge in [0.2, 0.25) is 11.8 Å². The number of nitrogens with zero attached hydrogens (tertiary/aromatic N) is 1. The first-order valence-electron chi connectivity index (χ1n) is 11.9. The number of carbonyl (C=O) groups is 3. The average Bonchev–Trinajstić information content (AvgIpc) is 3.14. The smallest absolute Gasteiger partial charge is 0.338 e. The Bertz CT molecular complexity index is 1210. The van der Waals surface area contributed by atoms with Crippen LogP contribution >= 0.6 is 0 Å². The van der Waals surface area contributed by atoms with E-state index in [2.05, 4.69) is 24.3 Å². The van der Waals surface area contributed by atoms with Gasteiger partial charge in [0, 0.05) is 11.8 Å². The molecule has 2 unspecified atom stereocenters. The Morgan fingerprint density at radius 1 is 0.794 bits per heavy atom. The van der Waals surface area contributed by atoms with Crippen LogP contribution in [0, 0.1) is 11.8 Å². The minimum atomic E-state index is -0.442. The predicted molar refractivity (Wildman–Crippen MR) is 128 cm³/mol. The molecule has 34 heavy (non-hydrogen) atoms. The topological polar surface area (TPSA) is 63.7 Å². The standard InChI is InChI=1S/C29H25NO4/c1-2-3-15-34-29(33)17-9-8-10-18(16-17)30-27(31)25-23-19-11-4-5-12-20(19)24(26(25)28(30)32)22-14-7-6-13-21(22)23/h4-14,16,23-26H,2-3,15H2,1H3. The maximum Gasteiger partial charge on any atom is 0.338 e. The van der Waals surface area contributed by atoms with Crippen LogP contribution in [0.4, 0.5) is 5.69 Å². The lowest BCUT2D eigenvalue weighted by atomic mass is 9.55. The Kier molecular flexibility index (Phi) is 4.87.